The molecule has 0 saturated heterocycles. The largest absolute Gasteiger partial charge is 0.395 e. The third-order valence-electron chi connectivity index (χ3n) is 3.15. The van der Waals surface area contributed by atoms with E-state index in [2.05, 4.69) is 0 Å². The molecule has 0 aliphatic heterocycles. The standard InChI is InChI=1S/C16H18ClNO2S/c17-15-8-6-14(21-15)7-9-16(20)18(10-11-19)12-13-4-2-1-3-5-13/h1-6,8,19H,7,9-12H2. The summed E-state index contributed by atoms with van der Waals surface area (Å²) in [5.74, 6) is 0.0532. The molecule has 0 unspecified atom stereocenters. The van der Waals surface area contributed by atoms with Gasteiger partial charge in [0, 0.05) is 24.4 Å². The van der Waals surface area contributed by atoms with E-state index >= 15 is 0 Å². The van der Waals surface area contributed by atoms with Gasteiger partial charge in [-0.2, -0.15) is 0 Å². The number of aliphatic hydroxyl groups is 1. The smallest absolute Gasteiger partial charge is 0.223 e. The number of halogens is 1. The maximum Gasteiger partial charge on any atom is 0.223 e. The molecule has 21 heavy (non-hydrogen) atoms. The molecule has 2 aromatic rings. The topological polar surface area (TPSA) is 40.5 Å². The Kier molecular flexibility index (Phi) is 6.23. The number of thiophene rings is 1. The number of carbonyl (C=O) groups is 1. The highest BCUT2D eigenvalue weighted by Crippen LogP contribution is 2.22. The van der Waals surface area contributed by atoms with Gasteiger partial charge in [-0.15, -0.1) is 11.3 Å². The van der Waals surface area contributed by atoms with E-state index in [-0.39, 0.29) is 12.5 Å². The van der Waals surface area contributed by atoms with Crippen LogP contribution >= 0.6 is 22.9 Å². The van der Waals surface area contributed by atoms with Gasteiger partial charge in [-0.3, -0.25) is 4.79 Å². The van der Waals surface area contributed by atoms with E-state index in [0.29, 0.717) is 25.9 Å². The highest BCUT2D eigenvalue weighted by atomic mass is 35.5. The Bertz CT molecular complexity index is 571. The van der Waals surface area contributed by atoms with Crippen LogP contribution in [0.2, 0.25) is 4.34 Å². The van der Waals surface area contributed by atoms with Crippen LogP contribution in [-0.2, 0) is 17.8 Å². The van der Waals surface area contributed by atoms with Crippen LogP contribution in [0.4, 0.5) is 0 Å². The molecule has 0 radical (unpaired) electrons. The van der Waals surface area contributed by atoms with Crippen LogP contribution in [0.5, 0.6) is 0 Å². The second-order valence-electron chi connectivity index (χ2n) is 4.73. The lowest BCUT2D eigenvalue weighted by Gasteiger charge is -2.21. The molecule has 1 heterocycles. The van der Waals surface area contributed by atoms with Crippen LogP contribution in [-0.4, -0.2) is 29.1 Å². The third kappa shape index (κ3) is 5.16. The molecule has 0 fully saturated rings. The van der Waals surface area contributed by atoms with Gasteiger partial charge in [0.1, 0.15) is 0 Å². The van der Waals surface area contributed by atoms with E-state index in [1.54, 1.807) is 4.90 Å². The quantitative estimate of drug-likeness (QED) is 0.849. The van der Waals surface area contributed by atoms with Crippen molar-refractivity contribution in [3.05, 3.63) is 57.2 Å². The maximum absolute atomic E-state index is 12.3. The summed E-state index contributed by atoms with van der Waals surface area (Å²) in [6.07, 6.45) is 1.12. The summed E-state index contributed by atoms with van der Waals surface area (Å²) < 4.78 is 0.744. The minimum atomic E-state index is -0.0244. The van der Waals surface area contributed by atoms with Crippen LogP contribution in [0, 0.1) is 0 Å². The average molecular weight is 324 g/mol. The van der Waals surface area contributed by atoms with Crippen LogP contribution in [0.1, 0.15) is 16.9 Å². The van der Waals surface area contributed by atoms with Gasteiger partial charge in [-0.25, -0.2) is 0 Å². The van der Waals surface area contributed by atoms with Gasteiger partial charge in [0.25, 0.3) is 0 Å². The van der Waals surface area contributed by atoms with E-state index in [0.717, 1.165) is 14.8 Å². The molecule has 1 amide bonds. The van der Waals surface area contributed by atoms with E-state index in [9.17, 15) is 4.79 Å². The normalized spacial score (nSPS) is 10.6. The molecule has 1 N–H and O–H groups in total. The molecule has 0 aliphatic rings. The van der Waals surface area contributed by atoms with Gasteiger partial charge in [0.2, 0.25) is 5.91 Å². The molecule has 0 aliphatic carbocycles. The van der Waals surface area contributed by atoms with Crippen LogP contribution in [0.3, 0.4) is 0 Å². The van der Waals surface area contributed by atoms with Gasteiger partial charge in [-0.1, -0.05) is 41.9 Å². The second-order valence-corrected chi connectivity index (χ2v) is 6.53. The Hall–Kier alpha value is -1.36. The van der Waals surface area contributed by atoms with Crippen molar-refractivity contribution in [2.75, 3.05) is 13.2 Å². The summed E-state index contributed by atoms with van der Waals surface area (Å²) in [5, 5.41) is 9.14. The average Bonchev–Trinajstić information content (AvgIpc) is 2.91. The number of hydrogen-bond acceptors (Lipinski definition) is 3. The number of rotatable bonds is 7. The first kappa shape index (κ1) is 16.0. The highest BCUT2D eigenvalue weighted by molar-refractivity contribution is 7.16. The minimum Gasteiger partial charge on any atom is -0.395 e. The number of carbonyl (C=O) groups excluding carboxylic acids is 1. The summed E-state index contributed by atoms with van der Waals surface area (Å²) in [4.78, 5) is 15.1. The maximum atomic E-state index is 12.3. The van der Waals surface area contributed by atoms with Gasteiger partial charge in [0.15, 0.2) is 0 Å². The number of aryl methyl sites for hydroxylation is 1. The lowest BCUT2D eigenvalue weighted by atomic mass is 10.2. The Balaban J connectivity index is 1.92. The molecular formula is C16H18ClNO2S. The number of benzene rings is 1. The SMILES string of the molecule is O=C(CCc1ccc(Cl)s1)N(CCO)Cc1ccccc1. The van der Waals surface area contributed by atoms with E-state index in [4.69, 9.17) is 16.7 Å². The van der Waals surface area contributed by atoms with Crippen molar-refractivity contribution in [3.8, 4) is 0 Å². The summed E-state index contributed by atoms with van der Waals surface area (Å²) in [6, 6.07) is 13.6. The minimum absolute atomic E-state index is 0.0244. The fourth-order valence-electron chi connectivity index (χ4n) is 2.09. The van der Waals surface area contributed by atoms with E-state index in [1.807, 2.05) is 42.5 Å². The molecule has 0 saturated carbocycles. The number of amides is 1. The van der Waals surface area contributed by atoms with Crippen LogP contribution in [0.15, 0.2) is 42.5 Å². The summed E-state index contributed by atoms with van der Waals surface area (Å²) in [7, 11) is 0. The van der Waals surface area contributed by atoms with Crippen molar-refractivity contribution in [1.29, 1.82) is 0 Å². The van der Waals surface area contributed by atoms with Crippen molar-refractivity contribution in [2.45, 2.75) is 19.4 Å². The number of aliphatic hydroxyl groups excluding tert-OH is 1. The van der Waals surface area contributed by atoms with E-state index < -0.39 is 0 Å². The molecule has 5 heteroatoms. The Morgan fingerprint density at radius 1 is 1.19 bits per heavy atom. The molecule has 0 spiro atoms. The molecule has 0 atom stereocenters. The van der Waals surface area contributed by atoms with Crippen LogP contribution in [0.25, 0.3) is 0 Å². The molecule has 1 aromatic carbocycles. The van der Waals surface area contributed by atoms with Crippen molar-refractivity contribution >= 4 is 28.8 Å². The van der Waals surface area contributed by atoms with Crippen LogP contribution < -0.4 is 0 Å². The summed E-state index contributed by atoms with van der Waals surface area (Å²) in [5.41, 5.74) is 1.07. The Morgan fingerprint density at radius 3 is 2.57 bits per heavy atom. The lowest BCUT2D eigenvalue weighted by molar-refractivity contribution is -0.132. The number of nitrogens with zero attached hydrogens (tertiary/aromatic N) is 1. The summed E-state index contributed by atoms with van der Waals surface area (Å²) >= 11 is 7.39. The first-order valence-corrected chi connectivity index (χ1v) is 8.05. The second kappa shape index (κ2) is 8.17. The van der Waals surface area contributed by atoms with Gasteiger partial charge >= 0.3 is 0 Å². The zero-order valence-corrected chi connectivity index (χ0v) is 13.2. The monoisotopic (exact) mass is 323 g/mol. The third-order valence-corrected chi connectivity index (χ3v) is 4.44. The predicted octanol–water partition coefficient (Wildman–Crippen LogP) is 3.36. The molecule has 0 bridgehead atoms. The van der Waals surface area contributed by atoms with Crippen molar-refractivity contribution in [1.82, 2.24) is 4.90 Å². The van der Waals surface area contributed by atoms with Gasteiger partial charge < -0.3 is 10.0 Å². The molecule has 1 aromatic heterocycles. The Labute approximate surface area is 133 Å². The molecular weight excluding hydrogens is 306 g/mol. The number of hydrogen-bond donors (Lipinski definition) is 1. The fraction of sp³-hybridized carbons (Fsp3) is 0.312. The van der Waals surface area contributed by atoms with E-state index in [1.165, 1.54) is 11.3 Å². The van der Waals surface area contributed by atoms with Gasteiger partial charge in [0.05, 0.1) is 10.9 Å². The Morgan fingerprint density at radius 2 is 1.95 bits per heavy atom. The van der Waals surface area contributed by atoms with Gasteiger partial charge in [-0.05, 0) is 24.1 Å². The first-order chi connectivity index (χ1) is 10.2. The molecule has 3 nitrogen and oxygen atoms in total. The summed E-state index contributed by atoms with van der Waals surface area (Å²) in [6.45, 7) is 0.869. The first-order valence-electron chi connectivity index (χ1n) is 6.86. The zero-order valence-electron chi connectivity index (χ0n) is 11.7. The van der Waals surface area contributed by atoms with Crippen molar-refractivity contribution in [2.24, 2.45) is 0 Å². The zero-order chi connectivity index (χ0) is 15.1. The van der Waals surface area contributed by atoms with Crippen molar-refractivity contribution < 1.29 is 9.90 Å². The molecule has 2 rings (SSSR count). The fourth-order valence-corrected chi connectivity index (χ4v) is 3.18. The highest BCUT2D eigenvalue weighted by Gasteiger charge is 2.14. The van der Waals surface area contributed by atoms with Crippen molar-refractivity contribution in [3.63, 3.8) is 0 Å². The lowest BCUT2D eigenvalue weighted by Crippen LogP contribution is -2.33. The predicted molar refractivity (Wildman–Crippen MR) is 86.6 cm³/mol. The molecule has 112 valence electrons.